The van der Waals surface area contributed by atoms with Gasteiger partial charge in [-0.25, -0.2) is 4.79 Å². The van der Waals surface area contributed by atoms with Crippen LogP contribution in [0.2, 0.25) is 5.02 Å². The van der Waals surface area contributed by atoms with Crippen molar-refractivity contribution in [2.75, 3.05) is 17.2 Å². The van der Waals surface area contributed by atoms with Crippen molar-refractivity contribution in [2.24, 2.45) is 5.92 Å². The van der Waals surface area contributed by atoms with Gasteiger partial charge in [0, 0.05) is 25.2 Å². The summed E-state index contributed by atoms with van der Waals surface area (Å²) in [4.78, 5) is 51.9. The monoisotopic (exact) mass is 437 g/mol. The van der Waals surface area contributed by atoms with Crippen LogP contribution in [0.5, 0.6) is 0 Å². The molecule has 0 saturated heterocycles. The van der Waals surface area contributed by atoms with E-state index in [9.17, 15) is 24.5 Å². The number of hydrogen-bond acceptors (Lipinski definition) is 6. The molecular weight excluding hydrogens is 414 g/mol. The average Bonchev–Trinajstić information content (AvgIpc) is 2.66. The number of nitrogens with one attached hydrogen (secondary N) is 1. The first-order valence-electron chi connectivity index (χ1n) is 9.46. The van der Waals surface area contributed by atoms with Gasteiger partial charge in [-0.15, -0.1) is 0 Å². The van der Waals surface area contributed by atoms with Crippen LogP contribution in [0.25, 0.3) is 0 Å². The van der Waals surface area contributed by atoms with E-state index in [0.29, 0.717) is 6.42 Å². The second-order valence-corrected chi connectivity index (χ2v) is 7.64. The standard InChI is InChI=1S/C19H24ClN5O5/c1-4-5-8-23-16(21)15(17(26)22-19(23)28)24(10-11(2)3)18(27)13-9-12(25(29)30)6-7-14(13)20/h6-7,9,11H,4-5,8,10,21H2,1-3H3,(H,22,26,28). The summed E-state index contributed by atoms with van der Waals surface area (Å²) in [5, 5.41) is 11.1. The molecule has 2 aromatic rings. The maximum Gasteiger partial charge on any atom is 0.330 e. The topological polar surface area (TPSA) is 144 Å². The van der Waals surface area contributed by atoms with E-state index in [1.54, 1.807) is 0 Å². The fraction of sp³-hybridized carbons (Fsp3) is 0.421. The summed E-state index contributed by atoms with van der Waals surface area (Å²) >= 11 is 6.13. The van der Waals surface area contributed by atoms with Gasteiger partial charge in [0.15, 0.2) is 5.69 Å². The number of nitrogens with zero attached hydrogens (tertiary/aromatic N) is 3. The van der Waals surface area contributed by atoms with Crippen molar-refractivity contribution in [1.82, 2.24) is 9.55 Å². The molecule has 1 aromatic carbocycles. The van der Waals surface area contributed by atoms with Crippen LogP contribution in [0.15, 0.2) is 27.8 Å². The average molecular weight is 438 g/mol. The van der Waals surface area contributed by atoms with E-state index in [4.69, 9.17) is 17.3 Å². The fourth-order valence-electron chi connectivity index (χ4n) is 2.95. The van der Waals surface area contributed by atoms with E-state index in [0.717, 1.165) is 17.4 Å². The lowest BCUT2D eigenvalue weighted by molar-refractivity contribution is -0.384. The molecular formula is C19H24ClN5O5. The van der Waals surface area contributed by atoms with Crippen LogP contribution in [0.1, 0.15) is 44.0 Å². The van der Waals surface area contributed by atoms with Gasteiger partial charge in [-0.05, 0) is 18.4 Å². The number of nitro groups is 1. The SMILES string of the molecule is CCCCn1c(N)c(N(CC(C)C)C(=O)c2cc([N+](=O)[O-])ccc2Cl)c(=O)[nH]c1=O. The Hall–Kier alpha value is -3.14. The molecule has 10 nitrogen and oxygen atoms in total. The highest BCUT2D eigenvalue weighted by Crippen LogP contribution is 2.27. The van der Waals surface area contributed by atoms with Crippen LogP contribution in [-0.2, 0) is 6.54 Å². The number of carbonyl (C=O) groups is 1. The fourth-order valence-corrected chi connectivity index (χ4v) is 3.15. The van der Waals surface area contributed by atoms with Crippen LogP contribution in [0.4, 0.5) is 17.2 Å². The van der Waals surface area contributed by atoms with Gasteiger partial charge in [0.25, 0.3) is 17.2 Å². The van der Waals surface area contributed by atoms with E-state index in [2.05, 4.69) is 4.98 Å². The van der Waals surface area contributed by atoms with Crippen LogP contribution in [0.3, 0.4) is 0 Å². The number of amides is 1. The summed E-state index contributed by atoms with van der Waals surface area (Å²) in [5.74, 6) is -0.954. The number of aromatic nitrogens is 2. The van der Waals surface area contributed by atoms with Gasteiger partial charge in [0.2, 0.25) is 0 Å². The summed E-state index contributed by atoms with van der Waals surface area (Å²) in [6.07, 6.45) is 1.43. The number of hydrogen-bond donors (Lipinski definition) is 2. The number of benzene rings is 1. The molecule has 0 saturated carbocycles. The molecule has 0 unspecified atom stereocenters. The maximum absolute atomic E-state index is 13.3. The number of nitrogens with two attached hydrogens (primary N) is 1. The quantitative estimate of drug-likeness (QED) is 0.479. The number of non-ortho nitro benzene ring substituents is 1. The number of anilines is 2. The largest absolute Gasteiger partial charge is 0.383 e. The van der Waals surface area contributed by atoms with Gasteiger partial charge in [-0.2, -0.15) is 0 Å². The number of halogens is 1. The molecule has 0 fully saturated rings. The summed E-state index contributed by atoms with van der Waals surface area (Å²) in [6, 6.07) is 3.48. The number of H-pyrrole nitrogens is 1. The molecule has 0 aliphatic heterocycles. The highest BCUT2D eigenvalue weighted by Gasteiger charge is 2.28. The molecule has 162 valence electrons. The van der Waals surface area contributed by atoms with Crippen molar-refractivity contribution in [2.45, 2.75) is 40.2 Å². The number of rotatable bonds is 8. The molecule has 0 aliphatic rings. The number of nitrogen functional groups attached to an aromatic ring is 1. The Morgan fingerprint density at radius 1 is 1.37 bits per heavy atom. The summed E-state index contributed by atoms with van der Waals surface area (Å²) in [7, 11) is 0. The molecule has 0 aliphatic carbocycles. The molecule has 0 radical (unpaired) electrons. The third-order valence-corrected chi connectivity index (χ3v) is 4.73. The lowest BCUT2D eigenvalue weighted by atomic mass is 10.1. The van der Waals surface area contributed by atoms with Crippen molar-refractivity contribution in [1.29, 1.82) is 0 Å². The Balaban J connectivity index is 2.69. The molecule has 1 aromatic heterocycles. The lowest BCUT2D eigenvalue weighted by Gasteiger charge is -2.26. The molecule has 11 heteroatoms. The predicted octanol–water partition coefficient (Wildman–Crippen LogP) is 2.78. The second-order valence-electron chi connectivity index (χ2n) is 7.23. The Morgan fingerprint density at radius 3 is 2.60 bits per heavy atom. The minimum Gasteiger partial charge on any atom is -0.383 e. The highest BCUT2D eigenvalue weighted by molar-refractivity contribution is 6.34. The Morgan fingerprint density at radius 2 is 2.03 bits per heavy atom. The van der Waals surface area contributed by atoms with E-state index in [-0.39, 0.29) is 46.8 Å². The molecule has 1 heterocycles. The second kappa shape index (κ2) is 9.57. The minimum atomic E-state index is -0.819. The molecule has 0 spiro atoms. The predicted molar refractivity (Wildman–Crippen MR) is 115 cm³/mol. The van der Waals surface area contributed by atoms with Crippen molar-refractivity contribution in [3.63, 3.8) is 0 Å². The minimum absolute atomic E-state index is 0.00587. The number of nitro benzene ring substituents is 1. The van der Waals surface area contributed by atoms with Crippen molar-refractivity contribution < 1.29 is 9.72 Å². The smallest absolute Gasteiger partial charge is 0.330 e. The third-order valence-electron chi connectivity index (χ3n) is 4.40. The third kappa shape index (κ3) is 4.88. The molecule has 3 N–H and O–H groups in total. The van der Waals surface area contributed by atoms with E-state index in [1.165, 1.54) is 16.7 Å². The van der Waals surface area contributed by atoms with Gasteiger partial charge in [0.1, 0.15) is 5.82 Å². The first kappa shape index (κ1) is 23.1. The van der Waals surface area contributed by atoms with E-state index < -0.39 is 22.1 Å². The van der Waals surface area contributed by atoms with E-state index >= 15 is 0 Å². The van der Waals surface area contributed by atoms with Gasteiger partial charge in [-0.3, -0.25) is 29.3 Å². The molecule has 1 amide bonds. The summed E-state index contributed by atoms with van der Waals surface area (Å²) in [5.41, 5.74) is 4.01. The first-order valence-corrected chi connectivity index (χ1v) is 9.84. The van der Waals surface area contributed by atoms with Crippen LogP contribution >= 0.6 is 11.6 Å². The first-order chi connectivity index (χ1) is 14.1. The Bertz CT molecular complexity index is 1080. The van der Waals surface area contributed by atoms with Crippen molar-refractivity contribution >= 4 is 34.7 Å². The molecule has 30 heavy (non-hydrogen) atoms. The number of aromatic amines is 1. The number of unbranched alkanes of at least 4 members (excludes halogenated alkanes) is 1. The zero-order valence-corrected chi connectivity index (χ0v) is 17.7. The summed E-state index contributed by atoms with van der Waals surface area (Å²) < 4.78 is 1.20. The van der Waals surface area contributed by atoms with Crippen molar-refractivity contribution in [3.8, 4) is 0 Å². The van der Waals surface area contributed by atoms with Gasteiger partial charge < -0.3 is 10.6 Å². The van der Waals surface area contributed by atoms with E-state index in [1.807, 2.05) is 20.8 Å². The Kier molecular flexibility index (Phi) is 7.38. The summed E-state index contributed by atoms with van der Waals surface area (Å²) in [6.45, 7) is 5.94. The molecule has 0 bridgehead atoms. The van der Waals surface area contributed by atoms with Gasteiger partial charge >= 0.3 is 5.69 Å². The normalized spacial score (nSPS) is 11.0. The zero-order chi connectivity index (χ0) is 22.6. The van der Waals surface area contributed by atoms with Crippen LogP contribution in [-0.4, -0.2) is 26.9 Å². The van der Waals surface area contributed by atoms with Crippen molar-refractivity contribution in [3.05, 3.63) is 59.7 Å². The molecule has 0 atom stereocenters. The van der Waals surface area contributed by atoms with Crippen LogP contribution in [0, 0.1) is 16.0 Å². The number of carbonyl (C=O) groups excluding carboxylic acids is 1. The highest BCUT2D eigenvalue weighted by atomic mass is 35.5. The van der Waals surface area contributed by atoms with Crippen LogP contribution < -0.4 is 21.9 Å². The molecule has 2 rings (SSSR count). The van der Waals surface area contributed by atoms with Gasteiger partial charge in [0.05, 0.1) is 15.5 Å². The lowest BCUT2D eigenvalue weighted by Crippen LogP contribution is -2.42. The van der Waals surface area contributed by atoms with Gasteiger partial charge in [-0.1, -0.05) is 38.8 Å². The zero-order valence-electron chi connectivity index (χ0n) is 17.0. The Labute approximate surface area is 177 Å². The maximum atomic E-state index is 13.3.